The lowest BCUT2D eigenvalue weighted by Crippen LogP contribution is -2.32. The van der Waals surface area contributed by atoms with Crippen LogP contribution in [-0.2, 0) is 4.79 Å². The van der Waals surface area contributed by atoms with E-state index in [1.54, 1.807) is 12.1 Å². The van der Waals surface area contributed by atoms with Crippen molar-refractivity contribution in [1.29, 1.82) is 0 Å². The first kappa shape index (κ1) is 23.4. The second kappa shape index (κ2) is 8.72. The minimum atomic E-state index is -0.478. The summed E-state index contributed by atoms with van der Waals surface area (Å²) in [7, 11) is 3.85. The number of carbonyl (C=O) groups excluding carboxylic acids is 1. The topological polar surface area (TPSA) is 86.8 Å². The summed E-state index contributed by atoms with van der Waals surface area (Å²) in [6.07, 6.45) is 1.61. The Morgan fingerprint density at radius 3 is 2.19 bits per heavy atom. The first-order valence-corrected chi connectivity index (χ1v) is 12.1. The Labute approximate surface area is 210 Å². The monoisotopic (exact) mass is 480 g/mol. The minimum absolute atomic E-state index is 0.0531. The molecule has 0 spiro atoms. The molecule has 0 unspecified atom stereocenters. The molecule has 0 aliphatic heterocycles. The first-order valence-electron chi connectivity index (χ1n) is 12.1. The number of ketones is 1. The average Bonchev–Trinajstić information content (AvgIpc) is 2.90. The Bertz CT molecular complexity index is 1570. The van der Waals surface area contributed by atoms with E-state index in [2.05, 4.69) is 0 Å². The van der Waals surface area contributed by atoms with E-state index >= 15 is 0 Å². The number of phenols is 1. The van der Waals surface area contributed by atoms with Crippen molar-refractivity contribution >= 4 is 39.1 Å². The second-order valence-electron chi connectivity index (χ2n) is 9.11. The molecule has 0 amide bonds. The van der Waals surface area contributed by atoms with Gasteiger partial charge in [0.25, 0.3) is 0 Å². The van der Waals surface area contributed by atoms with Gasteiger partial charge in [0.1, 0.15) is 25.1 Å². The van der Waals surface area contributed by atoms with Crippen LogP contribution in [0.1, 0.15) is 30.5 Å². The molecule has 0 saturated heterocycles. The summed E-state index contributed by atoms with van der Waals surface area (Å²) < 4.78 is 2.00. The van der Waals surface area contributed by atoms with Gasteiger partial charge >= 0.3 is 0 Å². The lowest BCUT2D eigenvalue weighted by Gasteiger charge is -2.35. The Morgan fingerprint density at radius 1 is 0.917 bits per heavy atom. The Morgan fingerprint density at radius 2 is 1.56 bits per heavy atom. The number of aliphatic hydroxyl groups is 1. The number of carbonyl (C=O) groups is 1. The van der Waals surface area contributed by atoms with E-state index < -0.39 is 11.5 Å². The van der Waals surface area contributed by atoms with Crippen molar-refractivity contribution in [1.82, 2.24) is 0 Å². The molecule has 0 bridgehead atoms. The summed E-state index contributed by atoms with van der Waals surface area (Å²) in [5, 5.41) is 37.1. The summed E-state index contributed by atoms with van der Waals surface area (Å²) in [6.45, 7) is 5.47. The van der Waals surface area contributed by atoms with Crippen LogP contribution in [0.3, 0.4) is 0 Å². The smallest absolute Gasteiger partial charge is 0.211 e. The molecule has 0 radical (unpaired) electrons. The number of hydrogen-bond acceptors (Lipinski definition) is 5. The summed E-state index contributed by atoms with van der Waals surface area (Å²) in [4.78, 5) is 15.6. The molecule has 3 aromatic rings. The van der Waals surface area contributed by atoms with E-state index in [-0.39, 0.29) is 33.8 Å². The van der Waals surface area contributed by atoms with E-state index in [0.29, 0.717) is 10.9 Å². The van der Waals surface area contributed by atoms with Crippen LogP contribution in [0, 0.1) is 0 Å². The number of nitrogens with zero attached hydrogens (tertiary/aromatic N) is 2. The van der Waals surface area contributed by atoms with E-state index in [0.717, 1.165) is 35.4 Å². The Kier molecular flexibility index (Phi) is 5.67. The molecule has 0 saturated carbocycles. The molecule has 3 aromatic carbocycles. The molecule has 0 heterocycles. The van der Waals surface area contributed by atoms with Gasteiger partial charge in [-0.1, -0.05) is 48.2 Å². The molecular formula is C30H28N2O4. The summed E-state index contributed by atoms with van der Waals surface area (Å²) in [5.41, 5.74) is 3.49. The SMILES string of the molecule is CCN(C)c1cc(O)c(C2=C([O-])/C(=C3C(O)=C/C(=[N+](/C)CC)c4ccccc4\3)C2=O)c2ccccc12. The molecule has 2 N–H and O–H groups in total. The normalized spacial score (nSPS) is 18.7. The second-order valence-corrected chi connectivity index (χ2v) is 9.11. The van der Waals surface area contributed by atoms with Gasteiger partial charge in [-0.2, -0.15) is 0 Å². The van der Waals surface area contributed by atoms with Crippen LogP contribution >= 0.6 is 0 Å². The number of Topliss-reactive ketones (excluding diaryl/α,β-unsaturated/α-hetero) is 1. The van der Waals surface area contributed by atoms with Crippen molar-refractivity contribution in [2.45, 2.75) is 13.8 Å². The number of anilines is 1. The average molecular weight is 481 g/mol. The van der Waals surface area contributed by atoms with Gasteiger partial charge in [-0.15, -0.1) is 0 Å². The predicted molar refractivity (Wildman–Crippen MR) is 141 cm³/mol. The number of aromatic hydroxyl groups is 1. The van der Waals surface area contributed by atoms with Gasteiger partial charge in [0, 0.05) is 53.0 Å². The number of fused-ring (bicyclic) bond motifs is 2. The van der Waals surface area contributed by atoms with Crippen molar-refractivity contribution in [3.05, 3.63) is 94.5 Å². The molecule has 182 valence electrons. The van der Waals surface area contributed by atoms with Crippen LogP contribution in [0.4, 0.5) is 5.69 Å². The fraction of sp³-hybridized carbons (Fsp3) is 0.200. The molecule has 6 heteroatoms. The molecular weight excluding hydrogens is 452 g/mol. The van der Waals surface area contributed by atoms with Crippen molar-refractivity contribution in [2.24, 2.45) is 0 Å². The van der Waals surface area contributed by atoms with Gasteiger partial charge in [-0.3, -0.25) is 4.79 Å². The third-order valence-corrected chi connectivity index (χ3v) is 7.18. The van der Waals surface area contributed by atoms with Crippen molar-refractivity contribution in [2.75, 3.05) is 32.1 Å². The third-order valence-electron chi connectivity index (χ3n) is 7.18. The number of aliphatic hydroxyl groups excluding tert-OH is 1. The Balaban J connectivity index is 1.76. The number of phenolic OH excluding ortho intramolecular Hbond substituents is 1. The first-order chi connectivity index (χ1) is 17.3. The molecule has 36 heavy (non-hydrogen) atoms. The maximum absolute atomic E-state index is 13.6. The van der Waals surface area contributed by atoms with Gasteiger partial charge < -0.3 is 20.2 Å². The van der Waals surface area contributed by atoms with E-state index in [1.165, 1.54) is 0 Å². The van der Waals surface area contributed by atoms with E-state index in [9.17, 15) is 20.1 Å². The molecule has 0 fully saturated rings. The zero-order chi connectivity index (χ0) is 25.7. The van der Waals surface area contributed by atoms with Crippen molar-refractivity contribution in [3.63, 3.8) is 0 Å². The van der Waals surface area contributed by atoms with Gasteiger partial charge in [-0.05, 0) is 30.9 Å². The summed E-state index contributed by atoms with van der Waals surface area (Å²) >= 11 is 0. The highest BCUT2D eigenvalue weighted by atomic mass is 16.3. The number of allylic oxidation sites excluding steroid dienone is 4. The van der Waals surface area contributed by atoms with Gasteiger partial charge in [0.2, 0.25) is 5.71 Å². The molecule has 2 aliphatic carbocycles. The molecule has 0 aromatic heterocycles. The van der Waals surface area contributed by atoms with Gasteiger partial charge in [0.05, 0.1) is 11.6 Å². The van der Waals surface area contributed by atoms with Crippen LogP contribution < -0.4 is 10.0 Å². The lowest BCUT2D eigenvalue weighted by molar-refractivity contribution is -0.492. The lowest BCUT2D eigenvalue weighted by atomic mass is 9.75. The van der Waals surface area contributed by atoms with Crippen LogP contribution in [0.5, 0.6) is 5.75 Å². The fourth-order valence-electron chi connectivity index (χ4n) is 5.03. The maximum atomic E-state index is 13.6. The maximum Gasteiger partial charge on any atom is 0.211 e. The molecule has 6 nitrogen and oxygen atoms in total. The third kappa shape index (κ3) is 3.33. The summed E-state index contributed by atoms with van der Waals surface area (Å²) in [6, 6.07) is 16.5. The molecule has 5 rings (SSSR count). The minimum Gasteiger partial charge on any atom is -0.871 e. The Hall–Kier alpha value is -4.32. The highest BCUT2D eigenvalue weighted by molar-refractivity contribution is 6.43. The zero-order valence-corrected chi connectivity index (χ0v) is 20.8. The highest BCUT2D eigenvalue weighted by Gasteiger charge is 2.38. The number of rotatable bonds is 4. The summed E-state index contributed by atoms with van der Waals surface area (Å²) in [5.74, 6) is -1.19. The van der Waals surface area contributed by atoms with Crippen LogP contribution in [0.2, 0.25) is 0 Å². The standard InChI is InChI=1S/C30H28N2O4/c1-5-31(3)21-15-23(33)25(19-13-9-7-11-17(19)21)27-29(35)28(30(27)36)26-20-14-10-8-12-18(20)22(16-24(26)34)32(4)6-2/h7-16H,5-6H2,1-4H3,(H2,33,34,35,36). The zero-order valence-electron chi connectivity index (χ0n) is 20.8. The van der Waals surface area contributed by atoms with Crippen LogP contribution in [0.25, 0.3) is 21.9 Å². The van der Waals surface area contributed by atoms with E-state index in [1.807, 2.05) is 85.9 Å². The number of benzene rings is 3. The molecule has 2 aliphatic rings. The molecule has 0 atom stereocenters. The van der Waals surface area contributed by atoms with Crippen LogP contribution in [0.15, 0.2) is 77.8 Å². The largest absolute Gasteiger partial charge is 0.871 e. The predicted octanol–water partition coefficient (Wildman–Crippen LogP) is 4.02. The fourth-order valence-corrected chi connectivity index (χ4v) is 5.03. The quantitative estimate of drug-likeness (QED) is 0.435. The van der Waals surface area contributed by atoms with Gasteiger partial charge in [0.15, 0.2) is 5.78 Å². The van der Waals surface area contributed by atoms with Crippen LogP contribution in [-0.4, -0.2) is 53.5 Å². The van der Waals surface area contributed by atoms with Crippen molar-refractivity contribution in [3.8, 4) is 5.75 Å². The van der Waals surface area contributed by atoms with Crippen molar-refractivity contribution < 1.29 is 24.7 Å². The van der Waals surface area contributed by atoms with Gasteiger partial charge in [-0.25, -0.2) is 4.58 Å². The number of hydrogen-bond donors (Lipinski definition) is 2. The van der Waals surface area contributed by atoms with E-state index in [4.69, 9.17) is 0 Å². The highest BCUT2D eigenvalue weighted by Crippen LogP contribution is 2.48.